The predicted octanol–water partition coefficient (Wildman–Crippen LogP) is 1.90. The third-order valence-electron chi connectivity index (χ3n) is 6.36. The van der Waals surface area contributed by atoms with Crippen molar-refractivity contribution in [1.29, 1.82) is 0 Å². The van der Waals surface area contributed by atoms with Gasteiger partial charge >= 0.3 is 0 Å². The van der Waals surface area contributed by atoms with Crippen molar-refractivity contribution in [3.63, 3.8) is 0 Å². The third-order valence-corrected chi connectivity index (χ3v) is 6.36. The number of hydrogen-bond donors (Lipinski definition) is 1. The van der Waals surface area contributed by atoms with E-state index in [4.69, 9.17) is 0 Å². The number of rotatable bonds is 4. The van der Waals surface area contributed by atoms with E-state index in [1.165, 1.54) is 12.8 Å². The minimum atomic E-state index is 0. The van der Waals surface area contributed by atoms with E-state index in [1.807, 2.05) is 18.3 Å². The maximum atomic E-state index is 12.7. The summed E-state index contributed by atoms with van der Waals surface area (Å²) in [6.07, 6.45) is 4.86. The van der Waals surface area contributed by atoms with Crippen molar-refractivity contribution < 1.29 is 4.79 Å². The molecule has 0 saturated carbocycles. The SMILES string of the molecule is Cl.Cl.O=C(CCN1CCN(c2ccccn2)CC1)N1CC[C@@H]2CNC[C@@H]2CC1. The van der Waals surface area contributed by atoms with Crippen molar-refractivity contribution in [1.82, 2.24) is 20.1 Å². The molecular weight excluding hydrogens is 397 g/mol. The van der Waals surface area contributed by atoms with Gasteiger partial charge in [-0.1, -0.05) is 6.07 Å². The van der Waals surface area contributed by atoms with Crippen molar-refractivity contribution >= 4 is 36.5 Å². The minimum absolute atomic E-state index is 0. The van der Waals surface area contributed by atoms with Crippen molar-refractivity contribution in [3.05, 3.63) is 24.4 Å². The third kappa shape index (κ3) is 5.72. The van der Waals surface area contributed by atoms with Crippen LogP contribution in [0.5, 0.6) is 0 Å². The number of anilines is 1. The molecule has 158 valence electrons. The Balaban J connectivity index is 0.00000140. The standard InChI is InChI=1S/C20H31N5O.2ClH/c26-20(25-9-4-17-15-21-16-18(17)5-10-25)6-8-23-11-13-24(14-12-23)19-3-1-2-7-22-19;;/h1-3,7,17-18,21H,4-6,8-16H2;2*1H/t17-,18+;;. The molecule has 1 aromatic rings. The summed E-state index contributed by atoms with van der Waals surface area (Å²) in [6.45, 7) is 9.10. The van der Waals surface area contributed by atoms with E-state index in [1.54, 1.807) is 0 Å². The number of nitrogens with one attached hydrogen (secondary N) is 1. The Morgan fingerprint density at radius 2 is 1.68 bits per heavy atom. The summed E-state index contributed by atoms with van der Waals surface area (Å²) < 4.78 is 0. The summed E-state index contributed by atoms with van der Waals surface area (Å²) in [6, 6.07) is 6.07. The fourth-order valence-electron chi connectivity index (χ4n) is 4.62. The molecule has 0 aliphatic carbocycles. The Morgan fingerprint density at radius 3 is 2.29 bits per heavy atom. The summed E-state index contributed by atoms with van der Waals surface area (Å²) in [4.78, 5) is 24.0. The van der Waals surface area contributed by atoms with Gasteiger partial charge in [-0.05, 0) is 49.9 Å². The monoisotopic (exact) mass is 429 g/mol. The number of amides is 1. The van der Waals surface area contributed by atoms with Crippen LogP contribution in [0.2, 0.25) is 0 Å². The van der Waals surface area contributed by atoms with E-state index in [0.29, 0.717) is 12.3 Å². The minimum Gasteiger partial charge on any atom is -0.354 e. The molecule has 8 heteroatoms. The fraction of sp³-hybridized carbons (Fsp3) is 0.700. The first-order valence-electron chi connectivity index (χ1n) is 10.2. The molecule has 0 bridgehead atoms. The van der Waals surface area contributed by atoms with Crippen LogP contribution in [0.3, 0.4) is 0 Å². The zero-order valence-electron chi connectivity index (χ0n) is 16.5. The average Bonchev–Trinajstić information content (AvgIpc) is 3.05. The number of likely N-dealkylation sites (tertiary alicyclic amines) is 1. The number of aromatic nitrogens is 1. The van der Waals surface area contributed by atoms with Crippen LogP contribution in [0, 0.1) is 11.8 Å². The van der Waals surface area contributed by atoms with Crippen LogP contribution in [0.15, 0.2) is 24.4 Å². The highest BCUT2D eigenvalue weighted by molar-refractivity contribution is 5.85. The van der Waals surface area contributed by atoms with E-state index in [9.17, 15) is 4.79 Å². The molecule has 28 heavy (non-hydrogen) atoms. The Morgan fingerprint density at radius 1 is 1.00 bits per heavy atom. The Bertz CT molecular complexity index is 584. The van der Waals surface area contributed by atoms with Crippen LogP contribution in [-0.4, -0.2) is 79.6 Å². The highest BCUT2D eigenvalue weighted by Crippen LogP contribution is 2.27. The summed E-state index contributed by atoms with van der Waals surface area (Å²) in [5.41, 5.74) is 0. The van der Waals surface area contributed by atoms with Crippen molar-refractivity contribution in [2.75, 3.05) is 63.8 Å². The molecular formula is C20H33Cl2N5O. The first-order chi connectivity index (χ1) is 12.8. The number of carbonyl (C=O) groups excluding carboxylic acids is 1. The van der Waals surface area contributed by atoms with Gasteiger partial charge in [0.25, 0.3) is 0 Å². The summed E-state index contributed by atoms with van der Waals surface area (Å²) in [7, 11) is 0. The van der Waals surface area contributed by atoms with Crippen molar-refractivity contribution in [2.24, 2.45) is 11.8 Å². The van der Waals surface area contributed by atoms with Gasteiger partial charge in [-0.25, -0.2) is 4.98 Å². The molecule has 3 aliphatic heterocycles. The van der Waals surface area contributed by atoms with E-state index < -0.39 is 0 Å². The topological polar surface area (TPSA) is 51.7 Å². The number of pyridine rings is 1. The number of piperazine rings is 1. The first-order valence-corrected chi connectivity index (χ1v) is 10.2. The maximum Gasteiger partial charge on any atom is 0.223 e. The lowest BCUT2D eigenvalue weighted by molar-refractivity contribution is -0.131. The lowest BCUT2D eigenvalue weighted by atomic mass is 9.92. The molecule has 3 saturated heterocycles. The van der Waals surface area contributed by atoms with Gasteiger partial charge in [-0.15, -0.1) is 24.8 Å². The van der Waals surface area contributed by atoms with Gasteiger partial charge in [0.05, 0.1) is 0 Å². The zero-order chi connectivity index (χ0) is 17.8. The van der Waals surface area contributed by atoms with Crippen LogP contribution in [0.25, 0.3) is 0 Å². The number of halogens is 2. The second-order valence-corrected chi connectivity index (χ2v) is 7.90. The van der Waals surface area contributed by atoms with E-state index >= 15 is 0 Å². The van der Waals surface area contributed by atoms with Gasteiger partial charge in [-0.3, -0.25) is 9.69 Å². The number of carbonyl (C=O) groups is 1. The van der Waals surface area contributed by atoms with Gasteiger partial charge < -0.3 is 15.1 Å². The number of nitrogens with zero attached hydrogens (tertiary/aromatic N) is 4. The quantitative estimate of drug-likeness (QED) is 0.791. The molecule has 3 fully saturated rings. The second-order valence-electron chi connectivity index (χ2n) is 7.90. The summed E-state index contributed by atoms with van der Waals surface area (Å²) in [5.74, 6) is 2.98. The molecule has 1 aromatic heterocycles. The van der Waals surface area contributed by atoms with Gasteiger partial charge in [0.2, 0.25) is 5.91 Å². The molecule has 1 amide bonds. The smallest absolute Gasteiger partial charge is 0.223 e. The second kappa shape index (κ2) is 11.2. The molecule has 4 rings (SSSR count). The van der Waals surface area contributed by atoms with E-state index in [0.717, 1.165) is 76.6 Å². The van der Waals surface area contributed by atoms with Crippen molar-refractivity contribution in [2.45, 2.75) is 19.3 Å². The van der Waals surface area contributed by atoms with Crippen LogP contribution in [-0.2, 0) is 4.79 Å². The van der Waals surface area contributed by atoms with Crippen molar-refractivity contribution in [3.8, 4) is 0 Å². The zero-order valence-corrected chi connectivity index (χ0v) is 18.1. The normalized spacial score (nSPS) is 25.3. The van der Waals surface area contributed by atoms with Gasteiger partial charge in [0.15, 0.2) is 0 Å². The highest BCUT2D eigenvalue weighted by atomic mass is 35.5. The van der Waals surface area contributed by atoms with Gasteiger partial charge in [0.1, 0.15) is 5.82 Å². The molecule has 0 aromatic carbocycles. The summed E-state index contributed by atoms with van der Waals surface area (Å²) >= 11 is 0. The molecule has 0 unspecified atom stereocenters. The highest BCUT2D eigenvalue weighted by Gasteiger charge is 2.31. The fourth-order valence-corrected chi connectivity index (χ4v) is 4.62. The molecule has 4 heterocycles. The molecule has 0 radical (unpaired) electrons. The predicted molar refractivity (Wildman–Crippen MR) is 118 cm³/mol. The Kier molecular flexibility index (Phi) is 9.28. The van der Waals surface area contributed by atoms with Gasteiger partial charge in [-0.2, -0.15) is 0 Å². The van der Waals surface area contributed by atoms with E-state index in [2.05, 4.69) is 31.1 Å². The first kappa shape index (κ1) is 23.2. The average molecular weight is 430 g/mol. The molecule has 0 spiro atoms. The van der Waals surface area contributed by atoms with Gasteiger partial charge in [0, 0.05) is 58.4 Å². The van der Waals surface area contributed by atoms with Crippen LogP contribution in [0.1, 0.15) is 19.3 Å². The number of fused-ring (bicyclic) bond motifs is 1. The Hall–Kier alpha value is -1.08. The Labute approximate surface area is 180 Å². The molecule has 3 aliphatic rings. The summed E-state index contributed by atoms with van der Waals surface area (Å²) in [5, 5.41) is 3.50. The largest absolute Gasteiger partial charge is 0.354 e. The van der Waals surface area contributed by atoms with Crippen LogP contribution >= 0.6 is 24.8 Å². The van der Waals surface area contributed by atoms with Crippen LogP contribution < -0.4 is 10.2 Å². The molecule has 6 nitrogen and oxygen atoms in total. The molecule has 1 N–H and O–H groups in total. The van der Waals surface area contributed by atoms with Crippen LogP contribution in [0.4, 0.5) is 5.82 Å². The lowest BCUT2D eigenvalue weighted by Gasteiger charge is -2.35. The number of hydrogen-bond acceptors (Lipinski definition) is 5. The lowest BCUT2D eigenvalue weighted by Crippen LogP contribution is -2.47. The van der Waals surface area contributed by atoms with E-state index in [-0.39, 0.29) is 24.8 Å². The molecule has 2 atom stereocenters. The maximum absolute atomic E-state index is 12.7.